The average Bonchev–Trinajstić information content (AvgIpc) is 2.54. The largest absolute Gasteiger partial charge is 0.334 e. The second-order valence-corrected chi connectivity index (χ2v) is 5.02. The van der Waals surface area contributed by atoms with E-state index in [4.69, 9.17) is 18.0 Å². The van der Waals surface area contributed by atoms with Gasteiger partial charge in [0.2, 0.25) is 0 Å². The van der Waals surface area contributed by atoms with Gasteiger partial charge >= 0.3 is 0 Å². The smallest absolute Gasteiger partial charge is 0.178 e. The highest BCUT2D eigenvalue weighted by Gasteiger charge is 2.25. The molecule has 0 unspecified atom stereocenters. The summed E-state index contributed by atoms with van der Waals surface area (Å²) in [5, 5.41) is 3.36. The first-order valence-corrected chi connectivity index (χ1v) is 5.71. The van der Waals surface area contributed by atoms with Crippen LogP contribution in [0.5, 0.6) is 0 Å². The van der Waals surface area contributed by atoms with Crippen LogP contribution in [-0.2, 0) is 18.5 Å². The Labute approximate surface area is 94.9 Å². The monoisotopic (exact) mass is 226 g/mol. The molecule has 0 atom stereocenters. The maximum atomic E-state index is 5.80. The highest BCUT2D eigenvalue weighted by molar-refractivity contribution is 7.71. The maximum absolute atomic E-state index is 5.80. The van der Waals surface area contributed by atoms with E-state index in [2.05, 4.69) is 28.7 Å². The van der Waals surface area contributed by atoms with Gasteiger partial charge in [0, 0.05) is 31.7 Å². The zero-order chi connectivity index (χ0) is 11.1. The van der Waals surface area contributed by atoms with E-state index in [1.54, 1.807) is 0 Å². The van der Waals surface area contributed by atoms with Gasteiger partial charge in [0.25, 0.3) is 0 Å². The van der Waals surface area contributed by atoms with E-state index in [1.807, 2.05) is 0 Å². The van der Waals surface area contributed by atoms with Gasteiger partial charge in [-0.3, -0.25) is 0 Å². The number of hydrogen-bond donors (Lipinski definition) is 3. The van der Waals surface area contributed by atoms with E-state index < -0.39 is 0 Å². The third-order valence-electron chi connectivity index (χ3n) is 3.03. The standard InChI is InChI=1S/C10H18N4S/c1-10(2,6-11)14-8-5-12-4-3-7(8)13-9(14)15/h12H,3-6,11H2,1-2H3,(H,13,15). The van der Waals surface area contributed by atoms with Crippen molar-refractivity contribution in [2.45, 2.75) is 32.4 Å². The van der Waals surface area contributed by atoms with Crippen LogP contribution >= 0.6 is 12.2 Å². The fourth-order valence-corrected chi connectivity index (χ4v) is 2.54. The molecule has 4 N–H and O–H groups in total. The molecule has 0 saturated carbocycles. The third kappa shape index (κ3) is 1.75. The lowest BCUT2D eigenvalue weighted by Crippen LogP contribution is -2.38. The molecular formula is C10H18N4S. The quantitative estimate of drug-likeness (QED) is 0.656. The highest BCUT2D eigenvalue weighted by Crippen LogP contribution is 2.22. The number of nitrogens with one attached hydrogen (secondary N) is 2. The van der Waals surface area contributed by atoms with Gasteiger partial charge in [0.1, 0.15) is 0 Å². The van der Waals surface area contributed by atoms with Crippen molar-refractivity contribution in [2.75, 3.05) is 13.1 Å². The summed E-state index contributed by atoms with van der Waals surface area (Å²) in [7, 11) is 0. The molecule has 0 saturated heterocycles. The number of imidazole rings is 1. The lowest BCUT2D eigenvalue weighted by molar-refractivity contribution is 0.346. The molecule has 5 heteroatoms. The number of nitrogens with zero attached hydrogens (tertiary/aromatic N) is 1. The fourth-order valence-electron chi connectivity index (χ4n) is 2.06. The van der Waals surface area contributed by atoms with E-state index in [1.165, 1.54) is 11.4 Å². The number of aromatic amines is 1. The fraction of sp³-hybridized carbons (Fsp3) is 0.700. The summed E-state index contributed by atoms with van der Waals surface area (Å²) < 4.78 is 2.95. The number of hydrogen-bond acceptors (Lipinski definition) is 3. The lowest BCUT2D eigenvalue weighted by Gasteiger charge is -2.28. The molecule has 0 amide bonds. The highest BCUT2D eigenvalue weighted by atomic mass is 32.1. The predicted octanol–water partition coefficient (Wildman–Crippen LogP) is 0.885. The third-order valence-corrected chi connectivity index (χ3v) is 3.31. The molecular weight excluding hydrogens is 208 g/mol. The number of H-pyrrole nitrogens is 1. The summed E-state index contributed by atoms with van der Waals surface area (Å²) >= 11 is 5.36. The van der Waals surface area contributed by atoms with Crippen LogP contribution < -0.4 is 11.1 Å². The van der Waals surface area contributed by atoms with Gasteiger partial charge < -0.3 is 20.6 Å². The first-order chi connectivity index (χ1) is 7.06. The number of fused-ring (bicyclic) bond motifs is 1. The zero-order valence-electron chi connectivity index (χ0n) is 9.26. The first-order valence-electron chi connectivity index (χ1n) is 5.30. The van der Waals surface area contributed by atoms with Gasteiger partial charge in [0.05, 0.1) is 11.2 Å². The number of rotatable bonds is 2. The summed E-state index contributed by atoms with van der Waals surface area (Å²) in [4.78, 5) is 3.29. The van der Waals surface area contributed by atoms with Crippen molar-refractivity contribution in [3.63, 3.8) is 0 Å². The summed E-state index contributed by atoms with van der Waals surface area (Å²) in [6, 6.07) is 0. The van der Waals surface area contributed by atoms with Crippen molar-refractivity contribution in [2.24, 2.45) is 5.73 Å². The van der Waals surface area contributed by atoms with Gasteiger partial charge in [-0.15, -0.1) is 0 Å². The maximum Gasteiger partial charge on any atom is 0.178 e. The molecule has 0 fully saturated rings. The van der Waals surface area contributed by atoms with Crippen LogP contribution in [-0.4, -0.2) is 22.6 Å². The Hall–Kier alpha value is -0.650. The SMILES string of the molecule is CC(C)(CN)n1c2c([nH]c1=S)CCNC2. The minimum absolute atomic E-state index is 0.111. The van der Waals surface area contributed by atoms with E-state index in [9.17, 15) is 0 Å². The van der Waals surface area contributed by atoms with E-state index in [0.29, 0.717) is 6.54 Å². The molecule has 0 aromatic carbocycles. The van der Waals surface area contributed by atoms with Crippen LogP contribution in [0.3, 0.4) is 0 Å². The summed E-state index contributed by atoms with van der Waals surface area (Å²) in [6.07, 6.45) is 1.02. The van der Waals surface area contributed by atoms with Crippen molar-refractivity contribution in [1.82, 2.24) is 14.9 Å². The van der Waals surface area contributed by atoms with Crippen LogP contribution in [0.4, 0.5) is 0 Å². The predicted molar refractivity (Wildman–Crippen MR) is 63.4 cm³/mol. The van der Waals surface area contributed by atoms with Crippen molar-refractivity contribution in [3.8, 4) is 0 Å². The Morgan fingerprint density at radius 1 is 1.53 bits per heavy atom. The molecule has 0 radical (unpaired) electrons. The van der Waals surface area contributed by atoms with Gasteiger partial charge in [-0.1, -0.05) is 0 Å². The Morgan fingerprint density at radius 2 is 2.27 bits per heavy atom. The molecule has 2 rings (SSSR count). The van der Waals surface area contributed by atoms with Gasteiger partial charge in [-0.25, -0.2) is 0 Å². The Balaban J connectivity index is 2.56. The molecule has 1 aromatic rings. The Morgan fingerprint density at radius 3 is 2.93 bits per heavy atom. The molecule has 1 aliphatic rings. The van der Waals surface area contributed by atoms with Crippen LogP contribution in [0, 0.1) is 4.77 Å². The summed E-state index contributed by atoms with van der Waals surface area (Å²) in [6.45, 7) is 6.72. The summed E-state index contributed by atoms with van der Waals surface area (Å²) in [5.74, 6) is 0. The van der Waals surface area contributed by atoms with Gasteiger partial charge in [-0.2, -0.15) is 0 Å². The molecule has 0 bridgehead atoms. The van der Waals surface area contributed by atoms with Gasteiger partial charge in [-0.05, 0) is 26.1 Å². The van der Waals surface area contributed by atoms with Gasteiger partial charge in [0.15, 0.2) is 4.77 Å². The molecule has 15 heavy (non-hydrogen) atoms. The summed E-state index contributed by atoms with van der Waals surface area (Å²) in [5.41, 5.74) is 8.22. The van der Waals surface area contributed by atoms with E-state index in [-0.39, 0.29) is 5.54 Å². The number of aromatic nitrogens is 2. The van der Waals surface area contributed by atoms with Crippen LogP contribution in [0.1, 0.15) is 25.2 Å². The second kappa shape index (κ2) is 3.73. The Kier molecular flexibility index (Phi) is 2.70. The molecule has 1 aromatic heterocycles. The van der Waals surface area contributed by atoms with Crippen LogP contribution in [0.25, 0.3) is 0 Å². The minimum atomic E-state index is -0.111. The topological polar surface area (TPSA) is 58.8 Å². The molecule has 0 aliphatic carbocycles. The van der Waals surface area contributed by atoms with Crippen LogP contribution in [0.2, 0.25) is 0 Å². The molecule has 1 aliphatic heterocycles. The molecule has 84 valence electrons. The van der Waals surface area contributed by atoms with Crippen molar-refractivity contribution in [3.05, 3.63) is 16.2 Å². The van der Waals surface area contributed by atoms with Crippen molar-refractivity contribution in [1.29, 1.82) is 0 Å². The van der Waals surface area contributed by atoms with E-state index in [0.717, 1.165) is 24.3 Å². The molecule has 2 heterocycles. The zero-order valence-corrected chi connectivity index (χ0v) is 10.1. The van der Waals surface area contributed by atoms with Crippen LogP contribution in [0.15, 0.2) is 0 Å². The minimum Gasteiger partial charge on any atom is -0.334 e. The second-order valence-electron chi connectivity index (χ2n) is 4.63. The van der Waals surface area contributed by atoms with E-state index >= 15 is 0 Å². The normalized spacial score (nSPS) is 16.5. The average molecular weight is 226 g/mol. The molecule has 4 nitrogen and oxygen atoms in total. The lowest BCUT2D eigenvalue weighted by atomic mass is 10.0. The van der Waals surface area contributed by atoms with Crippen molar-refractivity contribution >= 4 is 12.2 Å². The number of nitrogens with two attached hydrogens (primary N) is 1. The Bertz CT molecular complexity index is 416. The van der Waals surface area contributed by atoms with Crippen molar-refractivity contribution < 1.29 is 0 Å². The first kappa shape index (κ1) is 10.9. The molecule has 0 spiro atoms.